The molecule has 0 bridgehead atoms. The maximum Gasteiger partial charge on any atom is 0.255 e. The van der Waals surface area contributed by atoms with Crippen molar-refractivity contribution in [2.24, 2.45) is 0 Å². The van der Waals surface area contributed by atoms with Crippen LogP contribution in [0.4, 0.5) is 5.69 Å². The summed E-state index contributed by atoms with van der Waals surface area (Å²) in [6, 6.07) is 14.2. The van der Waals surface area contributed by atoms with Crippen LogP contribution in [0.3, 0.4) is 0 Å². The maximum atomic E-state index is 12.3. The van der Waals surface area contributed by atoms with Crippen LogP contribution in [0.25, 0.3) is 11.4 Å². The van der Waals surface area contributed by atoms with E-state index in [-0.39, 0.29) is 5.91 Å². The Bertz CT molecular complexity index is 841. The van der Waals surface area contributed by atoms with E-state index in [2.05, 4.69) is 15.5 Å². The predicted molar refractivity (Wildman–Crippen MR) is 90.1 cm³/mol. The van der Waals surface area contributed by atoms with Crippen LogP contribution in [-0.4, -0.2) is 23.2 Å². The third-order valence-electron chi connectivity index (χ3n) is 3.50. The van der Waals surface area contributed by atoms with Gasteiger partial charge in [-0.2, -0.15) is 4.98 Å². The van der Waals surface area contributed by atoms with Crippen molar-refractivity contribution in [3.05, 3.63) is 60.0 Å². The van der Waals surface area contributed by atoms with Gasteiger partial charge in [0, 0.05) is 23.2 Å². The summed E-state index contributed by atoms with van der Waals surface area (Å²) in [5.74, 6) is 1.60. The number of methoxy groups -OCH3 is 1. The summed E-state index contributed by atoms with van der Waals surface area (Å²) in [6.07, 6.45) is 0.681. The first-order chi connectivity index (χ1) is 11.7. The highest BCUT2D eigenvalue weighted by molar-refractivity contribution is 6.04. The Hall–Kier alpha value is -3.15. The summed E-state index contributed by atoms with van der Waals surface area (Å²) < 4.78 is 10.2. The summed E-state index contributed by atoms with van der Waals surface area (Å²) in [7, 11) is 1.59. The van der Waals surface area contributed by atoms with Crippen LogP contribution in [0, 0.1) is 0 Å². The van der Waals surface area contributed by atoms with Gasteiger partial charge in [0.05, 0.1) is 7.11 Å². The highest BCUT2D eigenvalue weighted by atomic mass is 16.5. The predicted octanol–water partition coefficient (Wildman–Crippen LogP) is 3.56. The van der Waals surface area contributed by atoms with Gasteiger partial charge in [-0.05, 0) is 36.4 Å². The van der Waals surface area contributed by atoms with E-state index in [4.69, 9.17) is 9.26 Å². The fraction of sp³-hybridized carbons (Fsp3) is 0.167. The van der Waals surface area contributed by atoms with E-state index < -0.39 is 0 Å². The topological polar surface area (TPSA) is 77.2 Å². The Labute approximate surface area is 139 Å². The molecular weight excluding hydrogens is 306 g/mol. The molecule has 0 aliphatic rings. The minimum absolute atomic E-state index is 0.197. The van der Waals surface area contributed by atoms with E-state index in [1.165, 1.54) is 0 Å². The molecule has 0 aliphatic carbocycles. The molecule has 0 saturated carbocycles. The second-order valence-corrected chi connectivity index (χ2v) is 5.13. The number of carbonyl (C=O) groups excluding carboxylic acids is 1. The summed E-state index contributed by atoms with van der Waals surface area (Å²) in [4.78, 5) is 16.6. The van der Waals surface area contributed by atoms with Gasteiger partial charge < -0.3 is 14.6 Å². The van der Waals surface area contributed by atoms with Gasteiger partial charge >= 0.3 is 0 Å². The van der Waals surface area contributed by atoms with Crippen molar-refractivity contribution in [1.82, 2.24) is 10.1 Å². The first-order valence-corrected chi connectivity index (χ1v) is 7.58. The van der Waals surface area contributed by atoms with Crippen molar-refractivity contribution in [3.63, 3.8) is 0 Å². The first kappa shape index (κ1) is 15.7. The van der Waals surface area contributed by atoms with E-state index in [0.29, 0.717) is 35.1 Å². The number of aromatic nitrogens is 2. The number of amides is 1. The third-order valence-corrected chi connectivity index (χ3v) is 3.50. The van der Waals surface area contributed by atoms with Crippen molar-refractivity contribution in [1.29, 1.82) is 0 Å². The Kier molecular flexibility index (Phi) is 4.56. The highest BCUT2D eigenvalue weighted by Gasteiger charge is 2.10. The molecule has 0 aliphatic heterocycles. The average molecular weight is 323 g/mol. The second-order valence-electron chi connectivity index (χ2n) is 5.13. The molecule has 0 atom stereocenters. The zero-order chi connectivity index (χ0) is 16.9. The fourth-order valence-electron chi connectivity index (χ4n) is 2.20. The van der Waals surface area contributed by atoms with Crippen molar-refractivity contribution in [3.8, 4) is 17.1 Å². The number of carbonyl (C=O) groups is 1. The standard InChI is InChI=1S/C18H17N3O3/c1-3-16-20-17(21-24-16)13-5-4-6-14(11-13)19-18(22)12-7-9-15(23-2)10-8-12/h4-11H,3H2,1-2H3,(H,19,22). The van der Waals surface area contributed by atoms with Gasteiger partial charge in [-0.15, -0.1) is 0 Å². The molecule has 3 rings (SSSR count). The molecule has 6 nitrogen and oxygen atoms in total. The number of hydrogen-bond donors (Lipinski definition) is 1. The van der Waals surface area contributed by atoms with E-state index in [1.54, 1.807) is 31.4 Å². The number of nitrogens with zero attached hydrogens (tertiary/aromatic N) is 2. The number of hydrogen-bond acceptors (Lipinski definition) is 5. The average Bonchev–Trinajstić information content (AvgIpc) is 3.11. The lowest BCUT2D eigenvalue weighted by Crippen LogP contribution is -2.11. The van der Waals surface area contributed by atoms with Crippen LogP contribution >= 0.6 is 0 Å². The van der Waals surface area contributed by atoms with Gasteiger partial charge in [0.2, 0.25) is 11.7 Å². The molecule has 1 aromatic heterocycles. The molecule has 0 spiro atoms. The lowest BCUT2D eigenvalue weighted by atomic mass is 10.1. The van der Waals surface area contributed by atoms with Gasteiger partial charge in [-0.25, -0.2) is 0 Å². The zero-order valence-electron chi connectivity index (χ0n) is 13.4. The quantitative estimate of drug-likeness (QED) is 0.777. The zero-order valence-corrected chi connectivity index (χ0v) is 13.4. The van der Waals surface area contributed by atoms with E-state index in [9.17, 15) is 4.79 Å². The number of nitrogens with one attached hydrogen (secondary N) is 1. The van der Waals surface area contributed by atoms with Crippen LogP contribution in [-0.2, 0) is 6.42 Å². The molecule has 0 fully saturated rings. The molecule has 1 N–H and O–H groups in total. The molecule has 1 amide bonds. The molecule has 0 unspecified atom stereocenters. The molecule has 0 radical (unpaired) electrons. The summed E-state index contributed by atoms with van der Waals surface area (Å²) in [6.45, 7) is 1.95. The van der Waals surface area contributed by atoms with Gasteiger partial charge in [0.25, 0.3) is 5.91 Å². The molecule has 1 heterocycles. The van der Waals surface area contributed by atoms with Crippen LogP contribution < -0.4 is 10.1 Å². The Morgan fingerprint density at radius 3 is 2.67 bits per heavy atom. The van der Waals surface area contributed by atoms with Crippen LogP contribution in [0.5, 0.6) is 5.75 Å². The second kappa shape index (κ2) is 6.95. The normalized spacial score (nSPS) is 10.4. The van der Waals surface area contributed by atoms with Gasteiger partial charge in [-0.3, -0.25) is 4.79 Å². The van der Waals surface area contributed by atoms with Crippen LogP contribution in [0.2, 0.25) is 0 Å². The molecule has 2 aromatic carbocycles. The number of rotatable bonds is 5. The number of aryl methyl sites for hydroxylation is 1. The Morgan fingerprint density at radius 2 is 2.00 bits per heavy atom. The molecule has 122 valence electrons. The highest BCUT2D eigenvalue weighted by Crippen LogP contribution is 2.21. The monoisotopic (exact) mass is 323 g/mol. The summed E-state index contributed by atoms with van der Waals surface area (Å²) >= 11 is 0. The minimum atomic E-state index is -0.197. The van der Waals surface area contributed by atoms with Crippen LogP contribution in [0.1, 0.15) is 23.2 Å². The lowest BCUT2D eigenvalue weighted by molar-refractivity contribution is 0.102. The van der Waals surface area contributed by atoms with E-state index >= 15 is 0 Å². The smallest absolute Gasteiger partial charge is 0.255 e. The molecule has 24 heavy (non-hydrogen) atoms. The molecular formula is C18H17N3O3. The third kappa shape index (κ3) is 3.43. The van der Waals surface area contributed by atoms with Crippen molar-refractivity contribution in [2.45, 2.75) is 13.3 Å². The van der Waals surface area contributed by atoms with Crippen LogP contribution in [0.15, 0.2) is 53.1 Å². The minimum Gasteiger partial charge on any atom is -0.497 e. The van der Waals surface area contributed by atoms with Gasteiger partial charge in [-0.1, -0.05) is 24.2 Å². The largest absolute Gasteiger partial charge is 0.497 e. The van der Waals surface area contributed by atoms with Gasteiger partial charge in [0.1, 0.15) is 5.75 Å². The first-order valence-electron chi connectivity index (χ1n) is 7.58. The fourth-order valence-corrected chi connectivity index (χ4v) is 2.20. The molecule has 0 saturated heterocycles. The van der Waals surface area contributed by atoms with Crippen molar-refractivity contribution in [2.75, 3.05) is 12.4 Å². The van der Waals surface area contributed by atoms with Crippen molar-refractivity contribution >= 4 is 11.6 Å². The molecule has 3 aromatic rings. The van der Waals surface area contributed by atoms with E-state index in [0.717, 1.165) is 5.56 Å². The maximum absolute atomic E-state index is 12.3. The lowest BCUT2D eigenvalue weighted by Gasteiger charge is -2.07. The van der Waals surface area contributed by atoms with E-state index in [1.807, 2.05) is 31.2 Å². The number of ether oxygens (including phenoxy) is 1. The number of benzene rings is 2. The number of anilines is 1. The summed E-state index contributed by atoms with van der Waals surface area (Å²) in [5, 5.41) is 6.80. The van der Waals surface area contributed by atoms with Crippen molar-refractivity contribution < 1.29 is 14.1 Å². The van der Waals surface area contributed by atoms with Gasteiger partial charge in [0.15, 0.2) is 0 Å². The molecule has 6 heteroatoms. The Morgan fingerprint density at radius 1 is 1.21 bits per heavy atom. The Balaban J connectivity index is 1.77. The summed E-state index contributed by atoms with van der Waals surface area (Å²) in [5.41, 5.74) is 2.00. The SMILES string of the molecule is CCc1nc(-c2cccc(NC(=O)c3ccc(OC)cc3)c2)no1.